The molecule has 4 rings (SSSR count). The van der Waals surface area contributed by atoms with Crippen molar-refractivity contribution in [2.24, 2.45) is 5.73 Å². The van der Waals surface area contributed by atoms with Crippen LogP contribution in [0.4, 0.5) is 5.69 Å². The second kappa shape index (κ2) is 6.24. The van der Waals surface area contributed by atoms with Gasteiger partial charge in [-0.2, -0.15) is 0 Å². The zero-order valence-corrected chi connectivity index (χ0v) is 13.6. The van der Waals surface area contributed by atoms with E-state index >= 15 is 0 Å². The maximum atomic E-state index is 12.7. The van der Waals surface area contributed by atoms with Crippen LogP contribution in [0, 0.1) is 0 Å². The zero-order valence-electron chi connectivity index (χ0n) is 13.6. The summed E-state index contributed by atoms with van der Waals surface area (Å²) in [5.74, 6) is 0.489. The standard InChI is InChI=1S/C17H22N6O/c18-8-13-10-23(21-20-13)14-5-6-22(11-14)17(24)7-12-9-19-16-4-2-1-3-15(12)16/h1-4,10,12,14,19H,5-9,11,18H2. The lowest BCUT2D eigenvalue weighted by Crippen LogP contribution is -2.30. The molecule has 0 aliphatic carbocycles. The summed E-state index contributed by atoms with van der Waals surface area (Å²) in [6.45, 7) is 2.71. The lowest BCUT2D eigenvalue weighted by molar-refractivity contribution is -0.130. The van der Waals surface area contributed by atoms with E-state index in [1.807, 2.05) is 27.9 Å². The van der Waals surface area contributed by atoms with E-state index in [0.717, 1.165) is 30.9 Å². The van der Waals surface area contributed by atoms with Crippen molar-refractivity contribution in [2.75, 3.05) is 25.0 Å². The highest BCUT2D eigenvalue weighted by molar-refractivity contribution is 5.78. The molecule has 1 aromatic carbocycles. The Labute approximate surface area is 140 Å². The fourth-order valence-electron chi connectivity index (χ4n) is 3.65. The SMILES string of the molecule is NCc1cn(C2CCN(C(=O)CC3CNc4ccccc43)C2)nn1. The van der Waals surface area contributed by atoms with Crippen molar-refractivity contribution in [1.82, 2.24) is 19.9 Å². The van der Waals surface area contributed by atoms with Crippen LogP contribution in [0.15, 0.2) is 30.5 Å². The molecule has 2 unspecified atom stereocenters. The first-order valence-electron chi connectivity index (χ1n) is 8.46. The molecule has 1 fully saturated rings. The van der Waals surface area contributed by atoms with Crippen molar-refractivity contribution < 1.29 is 4.79 Å². The number of nitrogens with one attached hydrogen (secondary N) is 1. The second-order valence-electron chi connectivity index (χ2n) is 6.55. The molecular formula is C17H22N6O. The normalized spacial score (nSPS) is 22.5. The van der Waals surface area contributed by atoms with Gasteiger partial charge in [-0.1, -0.05) is 23.4 Å². The number of aromatic nitrogens is 3. The van der Waals surface area contributed by atoms with Gasteiger partial charge in [-0.25, -0.2) is 4.68 Å². The fraction of sp³-hybridized carbons (Fsp3) is 0.471. The average Bonchev–Trinajstić information content (AvgIpc) is 3.34. The molecule has 24 heavy (non-hydrogen) atoms. The average molecular weight is 326 g/mol. The lowest BCUT2D eigenvalue weighted by atomic mass is 9.97. The van der Waals surface area contributed by atoms with E-state index in [2.05, 4.69) is 27.8 Å². The summed E-state index contributed by atoms with van der Waals surface area (Å²) < 4.78 is 1.85. The first kappa shape index (κ1) is 15.1. The zero-order chi connectivity index (χ0) is 16.5. The maximum absolute atomic E-state index is 12.7. The highest BCUT2D eigenvalue weighted by atomic mass is 16.2. The minimum absolute atomic E-state index is 0.204. The van der Waals surface area contributed by atoms with Crippen molar-refractivity contribution in [3.05, 3.63) is 41.7 Å². The molecule has 0 saturated carbocycles. The minimum Gasteiger partial charge on any atom is -0.384 e. The van der Waals surface area contributed by atoms with Gasteiger partial charge < -0.3 is 16.0 Å². The Morgan fingerprint density at radius 3 is 3.08 bits per heavy atom. The van der Waals surface area contributed by atoms with Crippen LogP contribution in [-0.4, -0.2) is 45.4 Å². The van der Waals surface area contributed by atoms with Gasteiger partial charge in [0, 0.05) is 44.2 Å². The topological polar surface area (TPSA) is 89.1 Å². The third-order valence-electron chi connectivity index (χ3n) is 5.02. The van der Waals surface area contributed by atoms with Crippen molar-refractivity contribution >= 4 is 11.6 Å². The number of hydrogen-bond acceptors (Lipinski definition) is 5. The van der Waals surface area contributed by atoms with E-state index in [9.17, 15) is 4.79 Å². The maximum Gasteiger partial charge on any atom is 0.223 e. The van der Waals surface area contributed by atoms with Gasteiger partial charge in [0.25, 0.3) is 0 Å². The van der Waals surface area contributed by atoms with Crippen molar-refractivity contribution in [3.63, 3.8) is 0 Å². The van der Waals surface area contributed by atoms with E-state index in [1.54, 1.807) is 0 Å². The van der Waals surface area contributed by atoms with Crippen LogP contribution < -0.4 is 11.1 Å². The molecule has 3 N–H and O–H groups in total. The summed E-state index contributed by atoms with van der Waals surface area (Å²) in [7, 11) is 0. The molecule has 0 radical (unpaired) electrons. The number of fused-ring (bicyclic) bond motifs is 1. The third kappa shape index (κ3) is 2.75. The lowest BCUT2D eigenvalue weighted by Gasteiger charge is -2.19. The largest absolute Gasteiger partial charge is 0.384 e. The Morgan fingerprint density at radius 1 is 1.38 bits per heavy atom. The summed E-state index contributed by atoms with van der Waals surface area (Å²) in [4.78, 5) is 14.6. The molecule has 1 aromatic heterocycles. The molecule has 2 aliphatic heterocycles. The third-order valence-corrected chi connectivity index (χ3v) is 5.02. The van der Waals surface area contributed by atoms with Gasteiger partial charge in [0.1, 0.15) is 0 Å². The number of rotatable bonds is 4. The number of anilines is 1. The van der Waals surface area contributed by atoms with E-state index in [1.165, 1.54) is 5.56 Å². The summed E-state index contributed by atoms with van der Waals surface area (Å²) in [6.07, 6.45) is 3.36. The number of hydrogen-bond donors (Lipinski definition) is 2. The first-order valence-corrected chi connectivity index (χ1v) is 8.46. The Balaban J connectivity index is 1.38. The smallest absolute Gasteiger partial charge is 0.223 e. The van der Waals surface area contributed by atoms with E-state index in [0.29, 0.717) is 19.5 Å². The van der Waals surface area contributed by atoms with Gasteiger partial charge in [0.2, 0.25) is 5.91 Å². The van der Waals surface area contributed by atoms with Crippen LogP contribution in [-0.2, 0) is 11.3 Å². The summed E-state index contributed by atoms with van der Waals surface area (Å²) in [5.41, 5.74) is 8.78. The van der Waals surface area contributed by atoms with Crippen LogP contribution in [0.1, 0.15) is 36.1 Å². The van der Waals surface area contributed by atoms with Crippen LogP contribution in [0.25, 0.3) is 0 Å². The Morgan fingerprint density at radius 2 is 2.25 bits per heavy atom. The Kier molecular flexibility index (Phi) is 3.93. The van der Waals surface area contributed by atoms with Crippen LogP contribution in [0.5, 0.6) is 0 Å². The van der Waals surface area contributed by atoms with Gasteiger partial charge in [-0.3, -0.25) is 4.79 Å². The monoisotopic (exact) mass is 326 g/mol. The summed E-state index contributed by atoms with van der Waals surface area (Å²) in [5, 5.41) is 11.6. The van der Waals surface area contributed by atoms with Crippen LogP contribution in [0.2, 0.25) is 0 Å². The van der Waals surface area contributed by atoms with Crippen LogP contribution in [0.3, 0.4) is 0 Å². The molecule has 126 valence electrons. The number of amides is 1. The van der Waals surface area contributed by atoms with E-state index in [4.69, 9.17) is 5.73 Å². The molecule has 1 amide bonds. The summed E-state index contributed by atoms with van der Waals surface area (Å²) in [6, 6.07) is 8.45. The molecule has 7 heteroatoms. The number of carbonyl (C=O) groups is 1. The highest BCUT2D eigenvalue weighted by Gasteiger charge is 2.31. The van der Waals surface area contributed by atoms with Crippen molar-refractivity contribution in [3.8, 4) is 0 Å². The van der Waals surface area contributed by atoms with Crippen molar-refractivity contribution in [1.29, 1.82) is 0 Å². The minimum atomic E-state index is 0.204. The Hall–Kier alpha value is -2.41. The molecule has 7 nitrogen and oxygen atoms in total. The van der Waals surface area contributed by atoms with Gasteiger partial charge in [-0.05, 0) is 18.1 Å². The highest BCUT2D eigenvalue weighted by Crippen LogP contribution is 2.34. The molecule has 0 spiro atoms. The number of nitrogens with zero attached hydrogens (tertiary/aromatic N) is 4. The van der Waals surface area contributed by atoms with Gasteiger partial charge in [0.05, 0.1) is 17.9 Å². The van der Waals surface area contributed by atoms with Crippen LogP contribution >= 0.6 is 0 Å². The first-order chi connectivity index (χ1) is 11.7. The predicted octanol–water partition coefficient (Wildman–Crippen LogP) is 1.11. The molecule has 2 aromatic rings. The summed E-state index contributed by atoms with van der Waals surface area (Å²) >= 11 is 0. The molecule has 0 bridgehead atoms. The van der Waals surface area contributed by atoms with Gasteiger partial charge >= 0.3 is 0 Å². The van der Waals surface area contributed by atoms with E-state index in [-0.39, 0.29) is 17.9 Å². The number of likely N-dealkylation sites (tertiary alicyclic amines) is 1. The van der Waals surface area contributed by atoms with Crippen molar-refractivity contribution in [2.45, 2.75) is 31.3 Å². The molecule has 2 atom stereocenters. The molecule has 1 saturated heterocycles. The second-order valence-corrected chi connectivity index (χ2v) is 6.55. The fourth-order valence-corrected chi connectivity index (χ4v) is 3.65. The molecular weight excluding hydrogens is 304 g/mol. The van der Waals surface area contributed by atoms with Gasteiger partial charge in [0.15, 0.2) is 0 Å². The number of nitrogens with two attached hydrogens (primary N) is 1. The molecule has 3 heterocycles. The number of para-hydroxylation sites is 1. The number of carbonyl (C=O) groups excluding carboxylic acids is 1. The predicted molar refractivity (Wildman–Crippen MR) is 90.4 cm³/mol. The van der Waals surface area contributed by atoms with E-state index < -0.39 is 0 Å². The van der Waals surface area contributed by atoms with Gasteiger partial charge in [-0.15, -0.1) is 5.10 Å². The molecule has 2 aliphatic rings. The Bertz CT molecular complexity index is 742. The quantitative estimate of drug-likeness (QED) is 0.878. The number of benzene rings is 1.